The Labute approximate surface area is 145 Å². The molecule has 7 heteroatoms. The molecular weight excluding hydrogens is 325 g/mol. The molecule has 0 aliphatic carbocycles. The van der Waals surface area contributed by atoms with Gasteiger partial charge in [-0.05, 0) is 31.4 Å². The largest absolute Gasteiger partial charge is 0.479 e. The van der Waals surface area contributed by atoms with E-state index in [2.05, 4.69) is 18.8 Å². The van der Waals surface area contributed by atoms with Crippen molar-refractivity contribution in [3.8, 4) is 5.75 Å². The first-order chi connectivity index (χ1) is 9.41. The van der Waals surface area contributed by atoms with Crippen molar-refractivity contribution in [2.45, 2.75) is 39.3 Å². The van der Waals surface area contributed by atoms with Crippen LogP contribution in [0.25, 0.3) is 0 Å². The van der Waals surface area contributed by atoms with Gasteiger partial charge in [-0.1, -0.05) is 13.8 Å². The Balaban J connectivity index is 0. The van der Waals surface area contributed by atoms with E-state index in [-0.39, 0.29) is 36.8 Å². The molecule has 22 heavy (non-hydrogen) atoms. The van der Waals surface area contributed by atoms with Crippen molar-refractivity contribution in [2.24, 2.45) is 11.7 Å². The zero-order valence-electron chi connectivity index (χ0n) is 13.6. The third-order valence-electron chi connectivity index (χ3n) is 3.33. The number of nitrogens with zero attached hydrogens (tertiary/aromatic N) is 2. The molecule has 1 aromatic rings. The molecule has 1 amide bonds. The summed E-state index contributed by atoms with van der Waals surface area (Å²) < 4.78 is 5.57. The van der Waals surface area contributed by atoms with Crippen molar-refractivity contribution in [2.75, 3.05) is 13.6 Å². The van der Waals surface area contributed by atoms with Crippen LogP contribution in [0.4, 0.5) is 0 Å². The SMILES string of the molecule is CC(Oc1cccnc1)C(=O)N(C)CCC(N)C(C)C.Cl.Cl. The summed E-state index contributed by atoms with van der Waals surface area (Å²) in [7, 11) is 1.78. The highest BCUT2D eigenvalue weighted by atomic mass is 35.5. The Hall–Kier alpha value is -1.04. The van der Waals surface area contributed by atoms with Crippen LogP contribution in [0.3, 0.4) is 0 Å². The molecular formula is C15H27Cl2N3O2. The summed E-state index contributed by atoms with van der Waals surface area (Å²) in [4.78, 5) is 17.8. The van der Waals surface area contributed by atoms with E-state index < -0.39 is 6.10 Å². The zero-order valence-corrected chi connectivity index (χ0v) is 15.2. The third-order valence-corrected chi connectivity index (χ3v) is 3.33. The molecule has 0 aliphatic heterocycles. The second-order valence-corrected chi connectivity index (χ2v) is 5.41. The molecule has 128 valence electrons. The van der Waals surface area contributed by atoms with Crippen LogP contribution < -0.4 is 10.5 Å². The molecule has 2 N–H and O–H groups in total. The van der Waals surface area contributed by atoms with Crippen LogP contribution in [-0.2, 0) is 4.79 Å². The van der Waals surface area contributed by atoms with Gasteiger partial charge in [0, 0.05) is 25.8 Å². The Bertz CT molecular complexity index is 419. The van der Waals surface area contributed by atoms with E-state index in [9.17, 15) is 4.79 Å². The number of likely N-dealkylation sites (N-methyl/N-ethyl adjacent to an activating group) is 1. The van der Waals surface area contributed by atoms with Gasteiger partial charge in [-0.15, -0.1) is 24.8 Å². The summed E-state index contributed by atoms with van der Waals surface area (Å²) in [6.45, 7) is 6.55. The lowest BCUT2D eigenvalue weighted by Crippen LogP contribution is -2.40. The van der Waals surface area contributed by atoms with Crippen LogP contribution in [-0.4, -0.2) is 41.5 Å². The van der Waals surface area contributed by atoms with Gasteiger partial charge in [0.15, 0.2) is 6.10 Å². The first-order valence-electron chi connectivity index (χ1n) is 6.99. The van der Waals surface area contributed by atoms with E-state index in [1.165, 1.54) is 0 Å². The van der Waals surface area contributed by atoms with Gasteiger partial charge in [0.2, 0.25) is 0 Å². The molecule has 0 aromatic carbocycles. The van der Waals surface area contributed by atoms with E-state index in [1.807, 2.05) is 0 Å². The lowest BCUT2D eigenvalue weighted by molar-refractivity contribution is -0.136. The van der Waals surface area contributed by atoms with Crippen LogP contribution in [0.15, 0.2) is 24.5 Å². The van der Waals surface area contributed by atoms with Gasteiger partial charge in [-0.3, -0.25) is 9.78 Å². The molecule has 1 rings (SSSR count). The van der Waals surface area contributed by atoms with Gasteiger partial charge in [-0.25, -0.2) is 0 Å². The molecule has 5 nitrogen and oxygen atoms in total. The summed E-state index contributed by atoms with van der Waals surface area (Å²) in [5.74, 6) is 0.966. The topological polar surface area (TPSA) is 68.5 Å². The summed E-state index contributed by atoms with van der Waals surface area (Å²) in [6, 6.07) is 3.67. The minimum atomic E-state index is -0.528. The molecule has 0 saturated heterocycles. The van der Waals surface area contributed by atoms with Crippen molar-refractivity contribution < 1.29 is 9.53 Å². The normalized spacial score (nSPS) is 12.6. The van der Waals surface area contributed by atoms with Gasteiger partial charge >= 0.3 is 0 Å². The van der Waals surface area contributed by atoms with Crippen LogP contribution in [0.2, 0.25) is 0 Å². The highest BCUT2D eigenvalue weighted by Crippen LogP contribution is 2.11. The Morgan fingerprint density at radius 3 is 2.50 bits per heavy atom. The fourth-order valence-electron chi connectivity index (χ4n) is 1.77. The second kappa shape index (κ2) is 11.5. The second-order valence-electron chi connectivity index (χ2n) is 5.41. The van der Waals surface area contributed by atoms with E-state index in [0.717, 1.165) is 6.42 Å². The first kappa shape index (κ1) is 23.2. The number of carbonyl (C=O) groups is 1. The van der Waals surface area contributed by atoms with Crippen molar-refractivity contribution in [1.29, 1.82) is 0 Å². The Morgan fingerprint density at radius 2 is 2.00 bits per heavy atom. The van der Waals surface area contributed by atoms with Crippen molar-refractivity contribution in [1.82, 2.24) is 9.88 Å². The van der Waals surface area contributed by atoms with E-state index in [4.69, 9.17) is 10.5 Å². The number of amides is 1. The summed E-state index contributed by atoms with van der Waals surface area (Å²) in [6.07, 6.45) is 3.52. The number of hydrogen-bond donors (Lipinski definition) is 1. The summed E-state index contributed by atoms with van der Waals surface area (Å²) in [5.41, 5.74) is 5.99. The molecule has 2 atom stereocenters. The lowest BCUT2D eigenvalue weighted by atomic mass is 10.0. The van der Waals surface area contributed by atoms with E-state index >= 15 is 0 Å². The maximum absolute atomic E-state index is 12.2. The summed E-state index contributed by atoms with van der Waals surface area (Å²) in [5, 5.41) is 0. The fourth-order valence-corrected chi connectivity index (χ4v) is 1.77. The maximum Gasteiger partial charge on any atom is 0.263 e. The minimum absolute atomic E-state index is 0. The molecule has 0 fully saturated rings. The van der Waals surface area contributed by atoms with Gasteiger partial charge in [-0.2, -0.15) is 0 Å². The van der Waals surface area contributed by atoms with Crippen LogP contribution in [0.5, 0.6) is 5.75 Å². The number of halogens is 2. The third kappa shape index (κ3) is 7.82. The molecule has 1 aromatic heterocycles. The maximum atomic E-state index is 12.2. The first-order valence-corrected chi connectivity index (χ1v) is 6.99. The molecule has 0 bridgehead atoms. The number of carbonyl (C=O) groups excluding carboxylic acids is 1. The smallest absolute Gasteiger partial charge is 0.263 e. The van der Waals surface area contributed by atoms with Crippen LogP contribution in [0.1, 0.15) is 27.2 Å². The molecule has 0 spiro atoms. The number of rotatable bonds is 7. The van der Waals surface area contributed by atoms with Crippen LogP contribution in [0, 0.1) is 5.92 Å². The minimum Gasteiger partial charge on any atom is -0.479 e. The highest BCUT2D eigenvalue weighted by molar-refractivity contribution is 5.85. The number of pyridine rings is 1. The van der Waals surface area contributed by atoms with Crippen molar-refractivity contribution in [3.05, 3.63) is 24.5 Å². The molecule has 0 radical (unpaired) electrons. The van der Waals surface area contributed by atoms with Gasteiger partial charge in [0.1, 0.15) is 5.75 Å². The standard InChI is InChI=1S/C15H25N3O2.2ClH/c1-11(2)14(16)7-9-18(4)15(19)12(3)20-13-6-5-8-17-10-13;;/h5-6,8,10-12,14H,7,9,16H2,1-4H3;2*1H. The average Bonchev–Trinajstić information content (AvgIpc) is 2.44. The van der Waals surface area contributed by atoms with E-state index in [0.29, 0.717) is 18.2 Å². The average molecular weight is 352 g/mol. The quantitative estimate of drug-likeness (QED) is 0.819. The van der Waals surface area contributed by atoms with Crippen molar-refractivity contribution in [3.63, 3.8) is 0 Å². The molecule has 0 aliphatic rings. The number of nitrogens with two attached hydrogens (primary N) is 1. The van der Waals surface area contributed by atoms with Crippen molar-refractivity contribution >= 4 is 30.7 Å². The Kier molecular flexibility index (Phi) is 12.2. The van der Waals surface area contributed by atoms with Gasteiger partial charge < -0.3 is 15.4 Å². The number of aromatic nitrogens is 1. The number of ether oxygens (including phenoxy) is 1. The zero-order chi connectivity index (χ0) is 15.1. The van der Waals surface area contributed by atoms with Crippen LogP contribution >= 0.6 is 24.8 Å². The molecule has 0 saturated carbocycles. The Morgan fingerprint density at radius 1 is 1.36 bits per heavy atom. The highest BCUT2D eigenvalue weighted by Gasteiger charge is 2.20. The molecule has 2 unspecified atom stereocenters. The molecule has 1 heterocycles. The lowest BCUT2D eigenvalue weighted by Gasteiger charge is -2.24. The summed E-state index contributed by atoms with van der Waals surface area (Å²) >= 11 is 0. The van der Waals surface area contributed by atoms with Gasteiger partial charge in [0.25, 0.3) is 5.91 Å². The monoisotopic (exact) mass is 351 g/mol. The van der Waals surface area contributed by atoms with Gasteiger partial charge in [0.05, 0.1) is 6.20 Å². The predicted molar refractivity (Wildman–Crippen MR) is 93.9 cm³/mol. The fraction of sp³-hybridized carbons (Fsp3) is 0.600. The van der Waals surface area contributed by atoms with E-state index in [1.54, 1.807) is 43.4 Å². The number of hydrogen-bond acceptors (Lipinski definition) is 4. The predicted octanol–water partition coefficient (Wildman–Crippen LogP) is 2.52.